The highest BCUT2D eigenvalue weighted by molar-refractivity contribution is 6.06. The van der Waals surface area contributed by atoms with Crippen molar-refractivity contribution in [1.82, 2.24) is 45.6 Å². The smallest absolute Gasteiger partial charge is 0.328 e. The number of carbonyl (C=O) groups is 3. The van der Waals surface area contributed by atoms with Crippen LogP contribution in [0.5, 0.6) is 0 Å². The number of rotatable bonds is 10. The maximum absolute atomic E-state index is 13.0. The van der Waals surface area contributed by atoms with Crippen LogP contribution in [0.3, 0.4) is 0 Å². The van der Waals surface area contributed by atoms with Gasteiger partial charge in [-0.15, -0.1) is 0 Å². The first-order chi connectivity index (χ1) is 31.2. The van der Waals surface area contributed by atoms with E-state index in [0.29, 0.717) is 35.9 Å². The van der Waals surface area contributed by atoms with E-state index < -0.39 is 5.91 Å². The van der Waals surface area contributed by atoms with Crippen LogP contribution in [-0.2, 0) is 10.2 Å². The molecule has 16 heteroatoms. The maximum atomic E-state index is 13.0. The van der Waals surface area contributed by atoms with Crippen molar-refractivity contribution in [2.75, 3.05) is 67.1 Å². The summed E-state index contributed by atoms with van der Waals surface area (Å²) in [5, 5.41) is 9.40. The van der Waals surface area contributed by atoms with E-state index in [2.05, 4.69) is 93.7 Å². The van der Waals surface area contributed by atoms with E-state index in [0.717, 1.165) is 104 Å². The third-order valence-corrected chi connectivity index (χ3v) is 13.1. The molecule has 0 saturated carbocycles. The predicted molar refractivity (Wildman–Crippen MR) is 251 cm³/mol. The van der Waals surface area contributed by atoms with Crippen LogP contribution in [0.2, 0.25) is 0 Å². The van der Waals surface area contributed by atoms with Gasteiger partial charge in [-0.3, -0.25) is 24.7 Å². The van der Waals surface area contributed by atoms with Gasteiger partial charge in [0.05, 0.1) is 6.04 Å². The second kappa shape index (κ2) is 17.7. The molecule has 65 heavy (non-hydrogen) atoms. The number of imide groups is 1. The molecule has 3 aliphatic rings. The Labute approximate surface area is 379 Å². The average molecular weight is 879 g/mol. The van der Waals surface area contributed by atoms with Gasteiger partial charge in [-0.2, -0.15) is 4.98 Å². The number of aromatic nitrogens is 6. The number of aromatic amines is 1. The van der Waals surface area contributed by atoms with Gasteiger partial charge < -0.3 is 24.6 Å². The first-order valence-corrected chi connectivity index (χ1v) is 22.7. The molecular weight excluding hydrogens is 821 g/mol. The summed E-state index contributed by atoms with van der Waals surface area (Å²) in [6, 6.07) is 18.3. The highest BCUT2D eigenvalue weighted by Gasteiger charge is 2.29. The third kappa shape index (κ3) is 9.17. The van der Waals surface area contributed by atoms with Crippen LogP contribution in [0.1, 0.15) is 91.8 Å². The lowest BCUT2D eigenvalue weighted by molar-refractivity contribution is -0.120. The van der Waals surface area contributed by atoms with Gasteiger partial charge in [-0.1, -0.05) is 38.1 Å². The number of urea groups is 1. The number of hydrogen-bond acceptors (Lipinski definition) is 12. The normalized spacial score (nSPS) is 17.2. The van der Waals surface area contributed by atoms with Crippen molar-refractivity contribution in [3.8, 4) is 22.6 Å². The third-order valence-electron chi connectivity index (χ3n) is 13.1. The summed E-state index contributed by atoms with van der Waals surface area (Å²) in [6.45, 7) is 21.7. The van der Waals surface area contributed by atoms with E-state index in [1.165, 1.54) is 16.9 Å². The van der Waals surface area contributed by atoms with Crippen LogP contribution < -0.4 is 25.3 Å². The molecule has 3 aliphatic heterocycles. The number of nitrogens with one attached hydrogen (secondary N) is 3. The highest BCUT2D eigenvalue weighted by Crippen LogP contribution is 2.34. The molecule has 1 atom stereocenters. The van der Waals surface area contributed by atoms with E-state index in [9.17, 15) is 14.4 Å². The number of piperidine rings is 1. The molecule has 6 heterocycles. The Kier molecular flexibility index (Phi) is 11.9. The predicted octanol–water partition coefficient (Wildman–Crippen LogP) is 7.27. The Hall–Kier alpha value is -6.68. The number of carbonyl (C=O) groups excluding carboxylic acids is 3. The van der Waals surface area contributed by atoms with Gasteiger partial charge in [0.2, 0.25) is 5.91 Å². The molecule has 9 rings (SSSR count). The molecule has 338 valence electrons. The van der Waals surface area contributed by atoms with E-state index in [-0.39, 0.29) is 29.3 Å². The van der Waals surface area contributed by atoms with Crippen molar-refractivity contribution in [2.45, 2.75) is 79.2 Å². The molecule has 3 aromatic carbocycles. The van der Waals surface area contributed by atoms with Crippen LogP contribution in [0.15, 0.2) is 65.4 Å². The molecule has 0 spiro atoms. The van der Waals surface area contributed by atoms with Crippen LogP contribution in [-0.4, -0.2) is 105 Å². The maximum Gasteiger partial charge on any atom is 0.328 e. The van der Waals surface area contributed by atoms with Gasteiger partial charge in [0.1, 0.15) is 23.4 Å². The molecule has 0 unspecified atom stereocenters. The minimum absolute atomic E-state index is 0.0535. The lowest BCUT2D eigenvalue weighted by atomic mass is 9.95. The van der Waals surface area contributed by atoms with Crippen molar-refractivity contribution in [3.05, 3.63) is 94.9 Å². The molecule has 0 bridgehead atoms. The monoisotopic (exact) mass is 878 g/mol. The zero-order valence-electron chi connectivity index (χ0n) is 38.4. The molecule has 4 amide bonds. The SMILES string of the molecule is Cc1cc(-c2ncnc3[nH]c(-c4ccc(N5CCN(CC6CCN(c7ccc(N8CCC(=O)NC8=O)c(C)c7)CC6)CC5)c(C)c4)nc23)ccc1[C@@H](C)NC(=O)c1nc(C(C)(C)C)no1. The van der Waals surface area contributed by atoms with Gasteiger partial charge in [0, 0.05) is 92.4 Å². The number of hydrogen-bond donors (Lipinski definition) is 3. The van der Waals surface area contributed by atoms with Gasteiger partial charge >= 0.3 is 17.8 Å². The van der Waals surface area contributed by atoms with E-state index in [4.69, 9.17) is 9.51 Å². The summed E-state index contributed by atoms with van der Waals surface area (Å²) in [6.07, 6.45) is 4.19. The minimum Gasteiger partial charge on any atom is -0.372 e. The molecule has 0 aliphatic carbocycles. The molecule has 16 nitrogen and oxygen atoms in total. The van der Waals surface area contributed by atoms with Crippen molar-refractivity contribution in [1.29, 1.82) is 0 Å². The molecule has 3 saturated heterocycles. The Morgan fingerprint density at radius 3 is 2.25 bits per heavy atom. The number of imidazole rings is 1. The lowest BCUT2D eigenvalue weighted by Gasteiger charge is -2.40. The number of fused-ring (bicyclic) bond motifs is 1. The quantitative estimate of drug-likeness (QED) is 0.125. The topological polar surface area (TPSA) is 182 Å². The fourth-order valence-electron chi connectivity index (χ4n) is 9.44. The van der Waals surface area contributed by atoms with Crippen molar-refractivity contribution in [3.63, 3.8) is 0 Å². The average Bonchev–Trinajstić information content (AvgIpc) is 3.97. The molecular formula is C49H58N12O4. The first kappa shape index (κ1) is 43.6. The second-order valence-electron chi connectivity index (χ2n) is 18.9. The molecule has 3 N–H and O–H groups in total. The van der Waals surface area contributed by atoms with Crippen LogP contribution in [0, 0.1) is 26.7 Å². The van der Waals surface area contributed by atoms with Crippen LogP contribution in [0.25, 0.3) is 33.8 Å². The Balaban J connectivity index is 0.786. The largest absolute Gasteiger partial charge is 0.372 e. The summed E-state index contributed by atoms with van der Waals surface area (Å²) in [7, 11) is 0. The fourth-order valence-corrected chi connectivity index (χ4v) is 9.44. The lowest BCUT2D eigenvalue weighted by Crippen LogP contribution is -2.49. The minimum atomic E-state index is -0.416. The van der Waals surface area contributed by atoms with Gasteiger partial charge in [-0.25, -0.2) is 19.7 Å². The number of amides is 4. The van der Waals surface area contributed by atoms with Crippen molar-refractivity contribution < 1.29 is 18.9 Å². The molecule has 3 fully saturated rings. The number of benzene rings is 3. The zero-order chi connectivity index (χ0) is 45.6. The van der Waals surface area contributed by atoms with E-state index >= 15 is 0 Å². The summed E-state index contributed by atoms with van der Waals surface area (Å²) in [4.78, 5) is 68.2. The van der Waals surface area contributed by atoms with E-state index in [1.54, 1.807) is 11.2 Å². The standard InChI is InChI=1S/C49H58N12O4/c1-29-24-34(8-11-37(29)32(4)52-45(63)46-56-47(57-65-46)49(5,6)7)41-42-44(51-28-50-41)55-43(54-42)35-9-12-38(30(2)25-35)60-22-20-58(21-23-60)27-33-14-17-59(18-15-33)36-10-13-39(31(3)26-36)61-19-16-40(62)53-48(61)64/h8-13,24-26,28,32-33H,14-23,27H2,1-7H3,(H,52,63)(H,53,62,64)(H,50,51,54,55)/t32-/m1/s1. The highest BCUT2D eigenvalue weighted by atomic mass is 16.5. The zero-order valence-corrected chi connectivity index (χ0v) is 38.4. The van der Waals surface area contributed by atoms with Gasteiger partial charge in [0.25, 0.3) is 0 Å². The number of aryl methyl sites for hydroxylation is 3. The van der Waals surface area contributed by atoms with Gasteiger partial charge in [0.15, 0.2) is 11.5 Å². The Morgan fingerprint density at radius 1 is 0.831 bits per heavy atom. The summed E-state index contributed by atoms with van der Waals surface area (Å²) < 4.78 is 5.25. The Morgan fingerprint density at radius 2 is 1.55 bits per heavy atom. The van der Waals surface area contributed by atoms with Crippen LogP contribution >= 0.6 is 0 Å². The van der Waals surface area contributed by atoms with Crippen molar-refractivity contribution in [2.24, 2.45) is 5.92 Å². The van der Waals surface area contributed by atoms with Crippen LogP contribution in [0.4, 0.5) is 21.9 Å². The summed E-state index contributed by atoms with van der Waals surface area (Å²) in [5.41, 5.74) is 11.2. The summed E-state index contributed by atoms with van der Waals surface area (Å²) in [5.74, 6) is 1.20. The van der Waals surface area contributed by atoms with Crippen molar-refractivity contribution >= 4 is 46.1 Å². The number of nitrogens with zero attached hydrogens (tertiary/aromatic N) is 9. The Bertz CT molecular complexity index is 2760. The molecule has 6 aromatic rings. The molecule has 0 radical (unpaired) electrons. The number of piperazine rings is 1. The van der Waals surface area contributed by atoms with E-state index in [1.807, 2.05) is 59.7 Å². The second-order valence-corrected chi connectivity index (χ2v) is 18.9. The summed E-state index contributed by atoms with van der Waals surface area (Å²) >= 11 is 0. The molecule has 3 aromatic heterocycles. The van der Waals surface area contributed by atoms with Gasteiger partial charge in [-0.05, 0) is 111 Å². The fraction of sp³-hybridized carbons (Fsp3) is 0.429. The first-order valence-electron chi connectivity index (χ1n) is 22.7. The number of anilines is 3. The number of H-pyrrole nitrogens is 1.